The van der Waals surface area contributed by atoms with Crippen molar-refractivity contribution >= 4 is 11.6 Å². The number of carbonyl (C=O) groups excluding carboxylic acids is 1. The largest absolute Gasteiger partial charge is 0.468 e. The Balaban J connectivity index is 1.93. The smallest absolute Gasteiger partial charge is 0.422 e. The Hall–Kier alpha value is -2.55. The summed E-state index contributed by atoms with van der Waals surface area (Å²) >= 11 is 0. The fraction of sp³-hybridized carbons (Fsp3) is 0.286. The SMILES string of the molecule is COCc1ccc(C(=O)Nc2ccc(OCC(F)(F)F)nc2)o1. The van der Waals surface area contributed by atoms with Crippen molar-refractivity contribution < 1.29 is 31.9 Å². The van der Waals surface area contributed by atoms with Gasteiger partial charge in [0.1, 0.15) is 12.4 Å². The zero-order chi connectivity index (χ0) is 16.9. The van der Waals surface area contributed by atoms with Crippen molar-refractivity contribution in [2.75, 3.05) is 19.0 Å². The molecule has 0 radical (unpaired) electrons. The number of ether oxygens (including phenoxy) is 2. The molecule has 9 heteroatoms. The number of rotatable bonds is 6. The topological polar surface area (TPSA) is 73.6 Å². The van der Waals surface area contributed by atoms with E-state index >= 15 is 0 Å². The minimum absolute atomic E-state index is 0.0782. The molecule has 2 aromatic rings. The number of nitrogens with zero attached hydrogens (tertiary/aromatic N) is 1. The summed E-state index contributed by atoms with van der Waals surface area (Å²) in [7, 11) is 1.50. The lowest BCUT2D eigenvalue weighted by Crippen LogP contribution is -2.19. The standard InChI is InChI=1S/C14H13F3N2O4/c1-21-7-10-3-4-11(23-10)13(20)19-9-2-5-12(18-6-9)22-8-14(15,16)17/h2-6H,7-8H2,1H3,(H,19,20). The number of amides is 1. The van der Waals surface area contributed by atoms with Crippen molar-refractivity contribution in [1.29, 1.82) is 0 Å². The van der Waals surface area contributed by atoms with Crippen LogP contribution in [0.3, 0.4) is 0 Å². The van der Waals surface area contributed by atoms with E-state index in [0.717, 1.165) is 0 Å². The van der Waals surface area contributed by atoms with Crippen LogP contribution in [0.5, 0.6) is 5.88 Å². The number of pyridine rings is 1. The molecule has 2 heterocycles. The number of furan rings is 1. The van der Waals surface area contributed by atoms with Crippen LogP contribution in [-0.2, 0) is 11.3 Å². The van der Waals surface area contributed by atoms with Crippen molar-refractivity contribution in [2.24, 2.45) is 0 Å². The second-order valence-electron chi connectivity index (χ2n) is 4.44. The Kier molecular flexibility index (Phi) is 5.22. The van der Waals surface area contributed by atoms with Crippen LogP contribution in [0.4, 0.5) is 18.9 Å². The summed E-state index contributed by atoms with van der Waals surface area (Å²) in [5.74, 6) is -0.139. The maximum absolute atomic E-state index is 12.0. The highest BCUT2D eigenvalue weighted by Crippen LogP contribution is 2.18. The van der Waals surface area contributed by atoms with Crippen LogP contribution in [0.15, 0.2) is 34.9 Å². The predicted octanol–water partition coefficient (Wildman–Crippen LogP) is 3.01. The highest BCUT2D eigenvalue weighted by molar-refractivity contribution is 6.02. The van der Waals surface area contributed by atoms with Gasteiger partial charge in [-0.1, -0.05) is 0 Å². The van der Waals surface area contributed by atoms with Gasteiger partial charge in [-0.2, -0.15) is 13.2 Å². The third-order valence-electron chi connectivity index (χ3n) is 2.55. The predicted molar refractivity (Wildman–Crippen MR) is 73.2 cm³/mol. The van der Waals surface area contributed by atoms with Crippen molar-refractivity contribution in [3.63, 3.8) is 0 Å². The van der Waals surface area contributed by atoms with E-state index in [1.54, 1.807) is 6.07 Å². The molecule has 0 aliphatic heterocycles. The molecule has 0 spiro atoms. The van der Waals surface area contributed by atoms with Crippen molar-refractivity contribution in [2.45, 2.75) is 12.8 Å². The fourth-order valence-corrected chi connectivity index (χ4v) is 1.61. The van der Waals surface area contributed by atoms with Gasteiger partial charge >= 0.3 is 6.18 Å². The number of aromatic nitrogens is 1. The van der Waals surface area contributed by atoms with E-state index in [1.165, 1.54) is 31.5 Å². The normalized spacial score (nSPS) is 11.3. The summed E-state index contributed by atoms with van der Waals surface area (Å²) in [6.45, 7) is -1.19. The molecule has 0 aliphatic carbocycles. The van der Waals surface area contributed by atoms with E-state index in [-0.39, 0.29) is 18.2 Å². The number of hydrogen-bond acceptors (Lipinski definition) is 5. The Morgan fingerprint density at radius 2 is 2.09 bits per heavy atom. The van der Waals surface area contributed by atoms with Crippen LogP contribution >= 0.6 is 0 Å². The molecular weight excluding hydrogens is 317 g/mol. The van der Waals surface area contributed by atoms with Gasteiger partial charge < -0.3 is 19.2 Å². The number of anilines is 1. The van der Waals surface area contributed by atoms with Crippen LogP contribution in [0.25, 0.3) is 0 Å². The third-order valence-corrected chi connectivity index (χ3v) is 2.55. The first-order valence-electron chi connectivity index (χ1n) is 6.42. The molecule has 0 unspecified atom stereocenters. The number of methoxy groups -OCH3 is 1. The molecule has 0 aliphatic rings. The number of carbonyl (C=O) groups is 1. The highest BCUT2D eigenvalue weighted by atomic mass is 19.4. The Morgan fingerprint density at radius 1 is 1.30 bits per heavy atom. The first kappa shape index (κ1) is 16.8. The van der Waals surface area contributed by atoms with Gasteiger partial charge in [0.25, 0.3) is 5.91 Å². The van der Waals surface area contributed by atoms with Crippen LogP contribution in [0.1, 0.15) is 16.3 Å². The van der Waals surface area contributed by atoms with Crippen molar-refractivity contribution in [3.05, 3.63) is 42.0 Å². The lowest BCUT2D eigenvalue weighted by molar-refractivity contribution is -0.154. The minimum Gasteiger partial charge on any atom is -0.468 e. The van der Waals surface area contributed by atoms with E-state index in [2.05, 4.69) is 15.0 Å². The van der Waals surface area contributed by atoms with Gasteiger partial charge in [0.05, 0.1) is 11.9 Å². The molecule has 0 saturated heterocycles. The lowest BCUT2D eigenvalue weighted by Gasteiger charge is -2.08. The summed E-state index contributed by atoms with van der Waals surface area (Å²) in [5, 5.41) is 2.50. The molecule has 1 amide bonds. The number of alkyl halides is 3. The molecule has 0 fully saturated rings. The molecule has 2 rings (SSSR count). The second kappa shape index (κ2) is 7.14. The summed E-state index contributed by atoms with van der Waals surface area (Å²) in [5.41, 5.74) is 0.291. The second-order valence-corrected chi connectivity index (χ2v) is 4.44. The van der Waals surface area contributed by atoms with E-state index in [9.17, 15) is 18.0 Å². The van der Waals surface area contributed by atoms with Crippen LogP contribution in [0, 0.1) is 0 Å². The van der Waals surface area contributed by atoms with Crippen molar-refractivity contribution in [1.82, 2.24) is 4.98 Å². The Bertz CT molecular complexity index is 653. The average Bonchev–Trinajstić information content (AvgIpc) is 2.95. The molecule has 23 heavy (non-hydrogen) atoms. The first-order valence-corrected chi connectivity index (χ1v) is 6.42. The van der Waals surface area contributed by atoms with Crippen molar-refractivity contribution in [3.8, 4) is 5.88 Å². The van der Waals surface area contributed by atoms with E-state index in [0.29, 0.717) is 11.4 Å². The van der Waals surface area contributed by atoms with E-state index in [1.807, 2.05) is 0 Å². The zero-order valence-electron chi connectivity index (χ0n) is 12.0. The first-order chi connectivity index (χ1) is 10.9. The van der Waals surface area contributed by atoms with Gasteiger partial charge in [0.2, 0.25) is 5.88 Å². The zero-order valence-corrected chi connectivity index (χ0v) is 12.0. The molecule has 0 saturated carbocycles. The molecule has 6 nitrogen and oxygen atoms in total. The quantitative estimate of drug-likeness (QED) is 0.881. The molecular formula is C14H13F3N2O4. The number of halogens is 3. The molecule has 0 aromatic carbocycles. The van der Waals surface area contributed by atoms with E-state index < -0.39 is 18.7 Å². The summed E-state index contributed by atoms with van der Waals surface area (Å²) in [6.07, 6.45) is -3.25. The molecule has 124 valence electrons. The van der Waals surface area contributed by atoms with Gasteiger partial charge in [0.15, 0.2) is 12.4 Å². The van der Waals surface area contributed by atoms with E-state index in [4.69, 9.17) is 9.15 Å². The Labute approximate surface area is 129 Å². The van der Waals surface area contributed by atoms with Crippen LogP contribution < -0.4 is 10.1 Å². The van der Waals surface area contributed by atoms with Gasteiger partial charge in [-0.05, 0) is 18.2 Å². The van der Waals surface area contributed by atoms with Crippen LogP contribution in [0.2, 0.25) is 0 Å². The maximum Gasteiger partial charge on any atom is 0.422 e. The van der Waals surface area contributed by atoms with Gasteiger partial charge in [-0.3, -0.25) is 4.79 Å². The van der Waals surface area contributed by atoms with Gasteiger partial charge in [-0.15, -0.1) is 0 Å². The summed E-state index contributed by atoms with van der Waals surface area (Å²) in [4.78, 5) is 15.6. The minimum atomic E-state index is -4.44. The third kappa shape index (κ3) is 5.29. The number of nitrogens with one attached hydrogen (secondary N) is 1. The summed E-state index contributed by atoms with van der Waals surface area (Å²) in [6, 6.07) is 5.68. The monoisotopic (exact) mass is 330 g/mol. The summed E-state index contributed by atoms with van der Waals surface area (Å²) < 4.78 is 50.6. The van der Waals surface area contributed by atoms with Crippen LogP contribution in [-0.4, -0.2) is 30.8 Å². The van der Waals surface area contributed by atoms with Gasteiger partial charge in [0, 0.05) is 13.2 Å². The molecule has 2 aromatic heterocycles. The Morgan fingerprint density at radius 3 is 2.70 bits per heavy atom. The highest BCUT2D eigenvalue weighted by Gasteiger charge is 2.28. The lowest BCUT2D eigenvalue weighted by atomic mass is 10.3. The number of hydrogen-bond donors (Lipinski definition) is 1. The van der Waals surface area contributed by atoms with Gasteiger partial charge in [-0.25, -0.2) is 4.98 Å². The molecule has 1 N–H and O–H groups in total. The molecule has 0 atom stereocenters. The maximum atomic E-state index is 12.0. The fourth-order valence-electron chi connectivity index (χ4n) is 1.61. The average molecular weight is 330 g/mol. The molecule has 0 bridgehead atoms.